The van der Waals surface area contributed by atoms with Crippen molar-refractivity contribution in [1.29, 1.82) is 0 Å². The summed E-state index contributed by atoms with van der Waals surface area (Å²) in [7, 11) is 3.10. The number of anilines is 1. The van der Waals surface area contributed by atoms with Gasteiger partial charge in [-0.1, -0.05) is 23.4 Å². The van der Waals surface area contributed by atoms with Gasteiger partial charge in [0, 0.05) is 16.2 Å². The van der Waals surface area contributed by atoms with Crippen LogP contribution in [-0.2, 0) is 5.75 Å². The molecule has 4 rings (SSSR count). The van der Waals surface area contributed by atoms with E-state index in [1.807, 2.05) is 36.4 Å². The Bertz CT molecular complexity index is 1350. The number of hydrazone groups is 1. The smallest absolute Gasteiger partial charge is 0.293 e. The highest BCUT2D eigenvalue weighted by Gasteiger charge is 2.24. The van der Waals surface area contributed by atoms with Crippen LogP contribution in [0.3, 0.4) is 0 Å². The zero-order valence-electron chi connectivity index (χ0n) is 19.1. The van der Waals surface area contributed by atoms with Crippen molar-refractivity contribution in [3.8, 4) is 17.3 Å². The zero-order chi connectivity index (χ0) is 24.8. The molecule has 0 aliphatic carbocycles. The first-order chi connectivity index (χ1) is 17.0. The fourth-order valence-electron chi connectivity index (χ4n) is 3.10. The number of methoxy groups -OCH3 is 2. The van der Waals surface area contributed by atoms with Gasteiger partial charge in [-0.25, -0.2) is 10.1 Å². The zero-order valence-corrected chi connectivity index (χ0v) is 19.9. The molecule has 1 amide bonds. The number of carbonyl (C=O) groups excluding carboxylic acids is 1. The molecule has 0 fully saturated rings. The lowest BCUT2D eigenvalue weighted by molar-refractivity contribution is 0.0949. The molecule has 0 saturated carbocycles. The van der Waals surface area contributed by atoms with Crippen molar-refractivity contribution >= 4 is 29.2 Å². The molecule has 0 aliphatic heterocycles. The van der Waals surface area contributed by atoms with Gasteiger partial charge in [0.15, 0.2) is 17.2 Å². The van der Waals surface area contributed by atoms with Gasteiger partial charge in [0.1, 0.15) is 0 Å². The Morgan fingerprint density at radius 3 is 2.60 bits per heavy atom. The third kappa shape index (κ3) is 5.24. The number of amides is 1. The summed E-state index contributed by atoms with van der Waals surface area (Å²) in [4.78, 5) is 14.0. The maximum absolute atomic E-state index is 13.0. The second-order valence-corrected chi connectivity index (χ2v) is 8.13. The van der Waals surface area contributed by atoms with Crippen LogP contribution in [0.2, 0.25) is 0 Å². The SMILES string of the molecule is COc1ccc(/C(C)=N/NC(=O)c2nnn(-c3nonc3N)c2CSc2ccccc2)cc1OC. The number of hydrogen-bond acceptors (Lipinski definition) is 11. The minimum atomic E-state index is -0.547. The van der Waals surface area contributed by atoms with E-state index in [1.54, 1.807) is 33.3 Å². The number of thioether (sulfide) groups is 1. The van der Waals surface area contributed by atoms with Gasteiger partial charge >= 0.3 is 0 Å². The summed E-state index contributed by atoms with van der Waals surface area (Å²) in [6.45, 7) is 1.76. The van der Waals surface area contributed by atoms with Crippen LogP contribution in [0, 0.1) is 0 Å². The number of nitrogens with two attached hydrogens (primary N) is 1. The van der Waals surface area contributed by atoms with Crippen molar-refractivity contribution in [2.75, 3.05) is 20.0 Å². The maximum Gasteiger partial charge on any atom is 0.293 e. The van der Waals surface area contributed by atoms with Crippen molar-refractivity contribution in [3.63, 3.8) is 0 Å². The number of benzene rings is 2. The number of nitrogens with one attached hydrogen (secondary N) is 1. The molecule has 0 bridgehead atoms. The van der Waals surface area contributed by atoms with Gasteiger partial charge in [0.2, 0.25) is 11.6 Å². The van der Waals surface area contributed by atoms with Crippen LogP contribution >= 0.6 is 11.8 Å². The molecule has 35 heavy (non-hydrogen) atoms. The van der Waals surface area contributed by atoms with E-state index in [2.05, 4.69) is 35.8 Å². The minimum Gasteiger partial charge on any atom is -0.493 e. The first-order valence-corrected chi connectivity index (χ1v) is 11.3. The van der Waals surface area contributed by atoms with E-state index >= 15 is 0 Å². The van der Waals surface area contributed by atoms with Crippen LogP contribution in [0.5, 0.6) is 11.5 Å². The topological polar surface area (TPSA) is 156 Å². The van der Waals surface area contributed by atoms with Crippen molar-refractivity contribution in [2.45, 2.75) is 17.6 Å². The molecule has 4 aromatic rings. The van der Waals surface area contributed by atoms with Gasteiger partial charge in [-0.05, 0) is 47.6 Å². The second kappa shape index (κ2) is 10.7. The summed E-state index contributed by atoms with van der Waals surface area (Å²) in [5, 5.41) is 19.7. The Balaban J connectivity index is 1.59. The summed E-state index contributed by atoms with van der Waals surface area (Å²) in [5.74, 6) is 1.11. The van der Waals surface area contributed by atoms with Crippen LogP contribution < -0.4 is 20.6 Å². The Labute approximate surface area is 204 Å². The molecule has 180 valence electrons. The molecule has 2 aromatic carbocycles. The first kappa shape index (κ1) is 23.8. The Morgan fingerprint density at radius 2 is 1.91 bits per heavy atom. The van der Waals surface area contributed by atoms with E-state index in [9.17, 15) is 4.79 Å². The Hall–Kier alpha value is -4.39. The third-order valence-electron chi connectivity index (χ3n) is 4.92. The second-order valence-electron chi connectivity index (χ2n) is 7.08. The molecular weight excluding hydrogens is 472 g/mol. The third-order valence-corrected chi connectivity index (χ3v) is 5.94. The summed E-state index contributed by atoms with van der Waals surface area (Å²) in [5.41, 5.74) is 10.2. The van der Waals surface area contributed by atoms with Crippen LogP contribution in [0.25, 0.3) is 5.82 Å². The number of nitrogens with zero attached hydrogens (tertiary/aromatic N) is 6. The standard InChI is InChI=1S/C22H22N8O4S/c1-13(14-9-10-17(32-2)18(11-14)33-3)24-26-22(31)19-16(12-35-15-7-5-4-6-8-15)30(29-25-19)21-20(23)27-34-28-21/h4-11H,12H2,1-3H3,(H2,23,27)(H,26,31)/b24-13+. The van der Waals surface area contributed by atoms with Gasteiger partial charge < -0.3 is 15.2 Å². The molecule has 2 heterocycles. The molecule has 12 nitrogen and oxygen atoms in total. The van der Waals surface area contributed by atoms with Crippen molar-refractivity contribution in [1.82, 2.24) is 30.7 Å². The van der Waals surface area contributed by atoms with Gasteiger partial charge in [-0.2, -0.15) is 9.78 Å². The lowest BCUT2D eigenvalue weighted by atomic mass is 10.1. The first-order valence-electron chi connectivity index (χ1n) is 10.3. The average molecular weight is 495 g/mol. The van der Waals surface area contributed by atoms with Gasteiger partial charge in [-0.3, -0.25) is 4.79 Å². The van der Waals surface area contributed by atoms with Gasteiger partial charge in [0.05, 0.1) is 25.6 Å². The highest BCUT2D eigenvalue weighted by atomic mass is 32.2. The highest BCUT2D eigenvalue weighted by molar-refractivity contribution is 7.98. The summed E-state index contributed by atoms with van der Waals surface area (Å²) >= 11 is 1.49. The van der Waals surface area contributed by atoms with Crippen LogP contribution in [0.1, 0.15) is 28.7 Å². The van der Waals surface area contributed by atoms with E-state index in [0.717, 1.165) is 10.5 Å². The fourth-order valence-corrected chi connectivity index (χ4v) is 4.01. The molecular formula is C22H22N8O4S. The number of hydrogen-bond donors (Lipinski definition) is 2. The predicted octanol–water partition coefficient (Wildman–Crippen LogP) is 2.70. The molecule has 13 heteroatoms. The van der Waals surface area contributed by atoms with E-state index < -0.39 is 5.91 Å². The summed E-state index contributed by atoms with van der Waals surface area (Å²) < 4.78 is 16.6. The lowest BCUT2D eigenvalue weighted by Gasteiger charge is -2.09. The van der Waals surface area contributed by atoms with Crippen LogP contribution in [-0.4, -0.2) is 51.1 Å². The molecule has 0 spiro atoms. The van der Waals surface area contributed by atoms with E-state index in [4.69, 9.17) is 15.2 Å². The van der Waals surface area contributed by atoms with E-state index in [0.29, 0.717) is 28.7 Å². The number of rotatable bonds is 9. The molecule has 0 saturated heterocycles. The molecule has 0 unspecified atom stereocenters. The molecule has 0 atom stereocenters. The number of nitrogen functional groups attached to an aromatic ring is 1. The summed E-state index contributed by atoms with van der Waals surface area (Å²) in [6.07, 6.45) is 0. The molecule has 3 N–H and O–H groups in total. The molecule has 0 aliphatic rings. The van der Waals surface area contributed by atoms with E-state index in [-0.39, 0.29) is 17.3 Å². The molecule has 2 aromatic heterocycles. The van der Waals surface area contributed by atoms with Crippen molar-refractivity contribution in [2.24, 2.45) is 5.10 Å². The average Bonchev–Trinajstić information content (AvgIpc) is 3.51. The predicted molar refractivity (Wildman–Crippen MR) is 129 cm³/mol. The quantitative estimate of drug-likeness (QED) is 0.201. The van der Waals surface area contributed by atoms with Crippen LogP contribution in [0.4, 0.5) is 5.82 Å². The largest absolute Gasteiger partial charge is 0.493 e. The number of carbonyl (C=O) groups is 1. The minimum absolute atomic E-state index is 0.0233. The fraction of sp³-hybridized carbons (Fsp3) is 0.182. The normalized spacial score (nSPS) is 11.3. The molecule has 0 radical (unpaired) electrons. The van der Waals surface area contributed by atoms with Crippen LogP contribution in [0.15, 0.2) is 63.2 Å². The lowest BCUT2D eigenvalue weighted by Crippen LogP contribution is -2.21. The van der Waals surface area contributed by atoms with E-state index in [1.165, 1.54) is 16.4 Å². The van der Waals surface area contributed by atoms with Gasteiger partial charge in [-0.15, -0.1) is 16.9 Å². The Kier molecular flexibility index (Phi) is 7.26. The summed E-state index contributed by atoms with van der Waals surface area (Å²) in [6, 6.07) is 15.0. The number of ether oxygens (including phenoxy) is 2. The highest BCUT2D eigenvalue weighted by Crippen LogP contribution is 2.28. The van der Waals surface area contributed by atoms with Gasteiger partial charge in [0.25, 0.3) is 5.91 Å². The maximum atomic E-state index is 13.0. The number of aromatic nitrogens is 5. The Morgan fingerprint density at radius 1 is 1.14 bits per heavy atom. The van der Waals surface area contributed by atoms with Crippen molar-refractivity contribution < 1.29 is 18.9 Å². The van der Waals surface area contributed by atoms with Crippen molar-refractivity contribution in [3.05, 3.63) is 65.5 Å². The monoisotopic (exact) mass is 494 g/mol.